The van der Waals surface area contributed by atoms with E-state index in [0.717, 1.165) is 18.8 Å². The molecular weight excluding hydrogens is 274 g/mol. The first-order chi connectivity index (χ1) is 9.66. The van der Waals surface area contributed by atoms with E-state index >= 15 is 0 Å². The highest BCUT2D eigenvalue weighted by atomic mass is 32.2. The van der Waals surface area contributed by atoms with Crippen molar-refractivity contribution in [1.82, 2.24) is 5.32 Å². The van der Waals surface area contributed by atoms with Crippen molar-refractivity contribution >= 4 is 29.1 Å². The summed E-state index contributed by atoms with van der Waals surface area (Å²) in [7, 11) is 0. The molecule has 2 fully saturated rings. The van der Waals surface area contributed by atoms with Crippen molar-refractivity contribution in [1.29, 1.82) is 0 Å². The molecule has 5 nitrogen and oxygen atoms in total. The van der Waals surface area contributed by atoms with Crippen molar-refractivity contribution in [3.63, 3.8) is 0 Å². The van der Waals surface area contributed by atoms with Crippen molar-refractivity contribution in [2.45, 2.75) is 12.3 Å². The lowest BCUT2D eigenvalue weighted by molar-refractivity contribution is -0.116. The van der Waals surface area contributed by atoms with Gasteiger partial charge in [0, 0.05) is 5.41 Å². The minimum atomic E-state index is -0.0238. The molecule has 3 rings (SSSR count). The predicted octanol–water partition coefficient (Wildman–Crippen LogP) is 1.53. The zero-order chi connectivity index (χ0) is 14.0. The molecule has 0 atom stereocenters. The number of carbonyl (C=O) groups is 1. The first-order valence-electron chi connectivity index (χ1n) is 6.38. The van der Waals surface area contributed by atoms with Crippen LogP contribution in [0.1, 0.15) is 18.1 Å². The number of amides is 1. The third-order valence-electron chi connectivity index (χ3n) is 3.39. The summed E-state index contributed by atoms with van der Waals surface area (Å²) in [5.74, 6) is 0.397. The zero-order valence-electron chi connectivity index (χ0n) is 11.1. The van der Waals surface area contributed by atoms with Gasteiger partial charge in [0.05, 0.1) is 25.2 Å². The van der Waals surface area contributed by atoms with Crippen LogP contribution in [0.4, 0.5) is 0 Å². The number of ether oxygens (including phenoxy) is 1. The van der Waals surface area contributed by atoms with Crippen molar-refractivity contribution in [2.75, 3.05) is 19.0 Å². The van der Waals surface area contributed by atoms with Crippen LogP contribution in [-0.4, -0.2) is 36.3 Å². The molecule has 2 aliphatic rings. The summed E-state index contributed by atoms with van der Waals surface area (Å²) in [5.41, 5.74) is 2.42. The van der Waals surface area contributed by atoms with E-state index in [1.807, 2.05) is 12.1 Å². The average Bonchev–Trinajstić information content (AvgIpc) is 2.83. The SMILES string of the molecule is CC1(c2ccc(C=NN=C3NC(=O)CS3)cc2)COC1. The van der Waals surface area contributed by atoms with Gasteiger partial charge in [-0.05, 0) is 11.1 Å². The second-order valence-electron chi connectivity index (χ2n) is 5.16. The predicted molar refractivity (Wildman–Crippen MR) is 80.2 cm³/mol. The molecule has 20 heavy (non-hydrogen) atoms. The summed E-state index contributed by atoms with van der Waals surface area (Å²) >= 11 is 1.36. The van der Waals surface area contributed by atoms with Crippen LogP contribution >= 0.6 is 11.8 Å². The molecule has 1 N–H and O–H groups in total. The van der Waals surface area contributed by atoms with Crippen molar-refractivity contribution < 1.29 is 9.53 Å². The van der Waals surface area contributed by atoms with Gasteiger partial charge in [0.25, 0.3) is 0 Å². The number of carbonyl (C=O) groups excluding carboxylic acids is 1. The van der Waals surface area contributed by atoms with Crippen molar-refractivity contribution in [3.05, 3.63) is 35.4 Å². The number of benzene rings is 1. The lowest BCUT2D eigenvalue weighted by atomic mass is 9.81. The topological polar surface area (TPSA) is 63.0 Å². The summed E-state index contributed by atoms with van der Waals surface area (Å²) in [6, 6.07) is 8.23. The Balaban J connectivity index is 1.65. The average molecular weight is 289 g/mol. The van der Waals surface area contributed by atoms with Crippen LogP contribution in [0.15, 0.2) is 34.5 Å². The zero-order valence-corrected chi connectivity index (χ0v) is 11.9. The normalized spacial score (nSPS) is 23.1. The van der Waals surface area contributed by atoms with E-state index in [9.17, 15) is 4.79 Å². The second-order valence-corrected chi connectivity index (χ2v) is 6.13. The van der Waals surface area contributed by atoms with E-state index < -0.39 is 0 Å². The molecule has 0 aromatic heterocycles. The summed E-state index contributed by atoms with van der Waals surface area (Å²) in [6.07, 6.45) is 1.68. The van der Waals surface area contributed by atoms with Gasteiger partial charge in [-0.15, -0.1) is 5.10 Å². The molecule has 6 heteroatoms. The minimum Gasteiger partial charge on any atom is -0.379 e. The highest BCUT2D eigenvalue weighted by molar-refractivity contribution is 8.15. The monoisotopic (exact) mass is 289 g/mol. The molecule has 1 aromatic carbocycles. The van der Waals surface area contributed by atoms with E-state index in [2.05, 4.69) is 34.6 Å². The van der Waals surface area contributed by atoms with E-state index in [4.69, 9.17) is 4.74 Å². The number of hydrogen-bond donors (Lipinski definition) is 1. The smallest absolute Gasteiger partial charge is 0.236 e. The van der Waals surface area contributed by atoms with Crippen LogP contribution in [0.5, 0.6) is 0 Å². The Hall–Kier alpha value is -1.66. The van der Waals surface area contributed by atoms with Gasteiger partial charge < -0.3 is 10.1 Å². The lowest BCUT2D eigenvalue weighted by Crippen LogP contribution is -2.43. The van der Waals surface area contributed by atoms with E-state index in [1.165, 1.54) is 17.3 Å². The van der Waals surface area contributed by atoms with Crippen LogP contribution < -0.4 is 5.32 Å². The Labute approximate surface area is 121 Å². The van der Waals surface area contributed by atoms with Gasteiger partial charge in [-0.3, -0.25) is 4.79 Å². The molecule has 104 valence electrons. The van der Waals surface area contributed by atoms with E-state index in [1.54, 1.807) is 6.21 Å². The second kappa shape index (κ2) is 5.38. The van der Waals surface area contributed by atoms with Crippen LogP contribution in [0.3, 0.4) is 0 Å². The molecule has 2 heterocycles. The quantitative estimate of drug-likeness (QED) is 0.678. The number of amidine groups is 1. The summed E-state index contributed by atoms with van der Waals surface area (Å²) in [5, 5.41) is 11.1. The Morgan fingerprint density at radius 2 is 2.10 bits per heavy atom. The van der Waals surface area contributed by atoms with Gasteiger partial charge >= 0.3 is 0 Å². The molecule has 0 aliphatic carbocycles. The van der Waals surface area contributed by atoms with Crippen LogP contribution in [0.25, 0.3) is 0 Å². The Bertz CT molecular complexity index is 577. The maximum atomic E-state index is 11.0. The summed E-state index contributed by atoms with van der Waals surface area (Å²) in [4.78, 5) is 11.0. The number of nitrogens with one attached hydrogen (secondary N) is 1. The highest BCUT2D eigenvalue weighted by Crippen LogP contribution is 2.31. The number of hydrogen-bond acceptors (Lipinski definition) is 5. The summed E-state index contributed by atoms with van der Waals surface area (Å²) < 4.78 is 5.27. The molecule has 2 saturated heterocycles. The first kappa shape index (κ1) is 13.3. The molecule has 0 spiro atoms. The van der Waals surface area contributed by atoms with Crippen molar-refractivity contribution in [2.24, 2.45) is 10.2 Å². The third-order valence-corrected chi connectivity index (χ3v) is 4.25. The fourth-order valence-electron chi connectivity index (χ4n) is 2.07. The largest absolute Gasteiger partial charge is 0.379 e. The number of thioether (sulfide) groups is 1. The van der Waals surface area contributed by atoms with Gasteiger partial charge in [0.15, 0.2) is 5.17 Å². The first-order valence-corrected chi connectivity index (χ1v) is 7.36. The Morgan fingerprint density at radius 3 is 2.65 bits per heavy atom. The summed E-state index contributed by atoms with van der Waals surface area (Å²) in [6.45, 7) is 3.77. The fraction of sp³-hybridized carbons (Fsp3) is 0.357. The molecule has 2 aliphatic heterocycles. The number of nitrogens with zero attached hydrogens (tertiary/aromatic N) is 2. The standard InChI is InChI=1S/C14H15N3O2S/c1-14(8-19-9-14)11-4-2-10(3-5-11)6-15-17-13-16-12(18)7-20-13/h2-6H,7-9H2,1H3,(H,16,17,18). The van der Waals surface area contributed by atoms with Crippen molar-refractivity contribution in [3.8, 4) is 0 Å². The van der Waals surface area contributed by atoms with Gasteiger partial charge in [-0.25, -0.2) is 0 Å². The molecule has 0 bridgehead atoms. The molecule has 0 unspecified atom stereocenters. The van der Waals surface area contributed by atoms with Crippen LogP contribution in [0, 0.1) is 0 Å². The maximum Gasteiger partial charge on any atom is 0.236 e. The third kappa shape index (κ3) is 2.76. The lowest BCUT2D eigenvalue weighted by Gasteiger charge is -2.38. The Kier molecular flexibility index (Phi) is 3.58. The van der Waals surface area contributed by atoms with E-state index in [-0.39, 0.29) is 11.3 Å². The molecule has 1 amide bonds. The fourth-order valence-corrected chi connectivity index (χ4v) is 2.70. The number of rotatable bonds is 3. The van der Waals surface area contributed by atoms with Gasteiger partial charge in [-0.1, -0.05) is 43.0 Å². The van der Waals surface area contributed by atoms with Gasteiger partial charge in [0.2, 0.25) is 5.91 Å². The molecule has 0 radical (unpaired) electrons. The van der Waals surface area contributed by atoms with E-state index in [0.29, 0.717) is 10.9 Å². The molecule has 0 saturated carbocycles. The van der Waals surface area contributed by atoms with Crippen LogP contribution in [-0.2, 0) is 14.9 Å². The highest BCUT2D eigenvalue weighted by Gasteiger charge is 2.34. The minimum absolute atomic E-state index is 0.0238. The maximum absolute atomic E-state index is 11.0. The molecule has 1 aromatic rings. The van der Waals surface area contributed by atoms with Crippen LogP contribution in [0.2, 0.25) is 0 Å². The Morgan fingerprint density at radius 1 is 1.35 bits per heavy atom. The van der Waals surface area contributed by atoms with Gasteiger partial charge in [0.1, 0.15) is 0 Å². The molecular formula is C14H15N3O2S. The van der Waals surface area contributed by atoms with Gasteiger partial charge in [-0.2, -0.15) is 5.10 Å².